The highest BCUT2D eigenvalue weighted by Gasteiger charge is 2.49. The predicted octanol–water partition coefficient (Wildman–Crippen LogP) is 4.54. The van der Waals surface area contributed by atoms with Gasteiger partial charge in [0.15, 0.2) is 0 Å². The molecule has 0 saturated carbocycles. The summed E-state index contributed by atoms with van der Waals surface area (Å²) in [5.74, 6) is 1.17. The van der Waals surface area contributed by atoms with Crippen molar-refractivity contribution >= 4 is 17.7 Å². The van der Waals surface area contributed by atoms with Crippen molar-refractivity contribution in [3.63, 3.8) is 0 Å². The number of halogens is 1. The second kappa shape index (κ2) is 8.11. The third-order valence-electron chi connectivity index (χ3n) is 5.40. The summed E-state index contributed by atoms with van der Waals surface area (Å²) >= 11 is 1.59. The lowest BCUT2D eigenvalue weighted by atomic mass is 9.78. The number of ether oxygens (including phenoxy) is 2. The summed E-state index contributed by atoms with van der Waals surface area (Å²) in [5, 5.41) is 9.25. The lowest BCUT2D eigenvalue weighted by molar-refractivity contribution is -0.148. The first-order chi connectivity index (χ1) is 13.6. The van der Waals surface area contributed by atoms with Crippen LogP contribution < -0.4 is 10.2 Å². The van der Waals surface area contributed by atoms with Crippen LogP contribution in [0.25, 0.3) is 0 Å². The van der Waals surface area contributed by atoms with Crippen LogP contribution in [0.15, 0.2) is 53.4 Å². The van der Waals surface area contributed by atoms with E-state index in [1.165, 1.54) is 12.1 Å². The average Bonchev–Trinajstić information content (AvgIpc) is 3.07. The van der Waals surface area contributed by atoms with Crippen LogP contribution in [0.2, 0.25) is 0 Å². The first-order valence-corrected chi connectivity index (χ1v) is 10.3. The van der Waals surface area contributed by atoms with Gasteiger partial charge in [-0.1, -0.05) is 0 Å². The van der Waals surface area contributed by atoms with Gasteiger partial charge in [-0.05, 0) is 74.2 Å². The molecule has 2 unspecified atom stereocenters. The molecule has 2 saturated heterocycles. The van der Waals surface area contributed by atoms with Gasteiger partial charge in [0.2, 0.25) is 0 Å². The lowest BCUT2D eigenvalue weighted by Gasteiger charge is -2.38. The predicted molar refractivity (Wildman–Crippen MR) is 103 cm³/mol. The molecule has 2 N–H and O–H groups in total. The van der Waals surface area contributed by atoms with E-state index in [4.69, 9.17) is 9.47 Å². The fraction of sp³-hybridized carbons (Fsp3) is 0.381. The van der Waals surface area contributed by atoms with Crippen LogP contribution in [0, 0.1) is 11.2 Å². The zero-order valence-corrected chi connectivity index (χ0v) is 16.1. The maximum absolute atomic E-state index is 13.0. The van der Waals surface area contributed by atoms with Crippen molar-refractivity contribution in [2.75, 3.05) is 5.75 Å². The second-order valence-corrected chi connectivity index (χ2v) is 8.45. The number of hydrogen-bond donors (Lipinski definition) is 2. The van der Waals surface area contributed by atoms with Gasteiger partial charge in [-0.2, -0.15) is 0 Å². The Kier molecular flexibility index (Phi) is 5.57. The average molecular weight is 403 g/mol. The molecule has 2 atom stereocenters. The second-order valence-electron chi connectivity index (χ2n) is 7.40. The van der Waals surface area contributed by atoms with Crippen molar-refractivity contribution in [1.82, 2.24) is 5.48 Å². The van der Waals surface area contributed by atoms with Crippen LogP contribution in [0.5, 0.6) is 11.5 Å². The van der Waals surface area contributed by atoms with E-state index >= 15 is 0 Å². The number of carbonyl (C=O) groups excluding carboxylic acids is 1. The Morgan fingerprint density at radius 2 is 1.68 bits per heavy atom. The lowest BCUT2D eigenvalue weighted by Crippen LogP contribution is -2.48. The molecule has 0 spiro atoms. The number of thioether (sulfide) groups is 1. The number of hydrogen-bond acceptors (Lipinski definition) is 5. The molecule has 0 aliphatic carbocycles. The van der Waals surface area contributed by atoms with Crippen molar-refractivity contribution in [3.05, 3.63) is 54.3 Å². The zero-order chi connectivity index (χ0) is 19.6. The van der Waals surface area contributed by atoms with E-state index in [0.29, 0.717) is 30.1 Å². The van der Waals surface area contributed by atoms with E-state index in [2.05, 4.69) is 0 Å². The normalized spacial score (nSPS) is 26.1. The molecule has 2 heterocycles. The third-order valence-corrected chi connectivity index (χ3v) is 6.71. The smallest absolute Gasteiger partial charge is 0.250 e. The standard InChI is InChI=1S/C21H22FNO4S/c22-14-1-3-15(4-2-14)26-16-7-9-19(10-8-16)28-13-21(20(24)23-25)11-17-5-6-18(12-21)27-17/h1-4,7-10,17-18,25H,5-6,11-13H2,(H,23,24). The van der Waals surface area contributed by atoms with Crippen LogP contribution >= 0.6 is 11.8 Å². The highest BCUT2D eigenvalue weighted by molar-refractivity contribution is 7.99. The molecular weight excluding hydrogens is 381 g/mol. The van der Waals surface area contributed by atoms with E-state index in [9.17, 15) is 14.4 Å². The number of amides is 1. The SMILES string of the molecule is O=C(NO)C1(CSc2ccc(Oc3ccc(F)cc3)cc2)CC2CCC(C1)O2. The number of fused-ring (bicyclic) bond motifs is 2. The molecule has 0 radical (unpaired) electrons. The molecule has 2 bridgehead atoms. The van der Waals surface area contributed by atoms with Gasteiger partial charge in [0.05, 0.1) is 17.6 Å². The van der Waals surface area contributed by atoms with Crippen LogP contribution in [0.4, 0.5) is 4.39 Å². The van der Waals surface area contributed by atoms with Crippen LogP contribution in [-0.4, -0.2) is 29.1 Å². The Hall–Kier alpha value is -2.09. The molecule has 1 amide bonds. The van der Waals surface area contributed by atoms with Crippen LogP contribution in [0.3, 0.4) is 0 Å². The molecule has 0 aromatic heterocycles. The maximum Gasteiger partial charge on any atom is 0.250 e. The minimum atomic E-state index is -0.618. The Morgan fingerprint density at radius 3 is 2.25 bits per heavy atom. The molecule has 2 aromatic rings. The van der Waals surface area contributed by atoms with Crippen LogP contribution in [-0.2, 0) is 9.53 Å². The van der Waals surface area contributed by atoms with Gasteiger partial charge < -0.3 is 9.47 Å². The number of hydroxylamine groups is 1. The molecule has 4 rings (SSSR count). The van der Waals surface area contributed by atoms with E-state index in [0.717, 1.165) is 17.7 Å². The van der Waals surface area contributed by atoms with Gasteiger partial charge in [0.25, 0.3) is 5.91 Å². The van der Waals surface area contributed by atoms with Crippen molar-refractivity contribution in [2.24, 2.45) is 5.41 Å². The third kappa shape index (κ3) is 4.16. The Balaban J connectivity index is 1.40. The summed E-state index contributed by atoms with van der Waals surface area (Å²) in [6, 6.07) is 13.4. The Bertz CT molecular complexity index is 815. The highest BCUT2D eigenvalue weighted by Crippen LogP contribution is 2.46. The molecule has 5 nitrogen and oxygen atoms in total. The van der Waals surface area contributed by atoms with E-state index in [-0.39, 0.29) is 23.9 Å². The fourth-order valence-corrected chi connectivity index (χ4v) is 5.13. The topological polar surface area (TPSA) is 67.8 Å². The summed E-state index contributed by atoms with van der Waals surface area (Å²) < 4.78 is 24.5. The number of benzene rings is 2. The summed E-state index contributed by atoms with van der Waals surface area (Å²) in [5.41, 5.74) is 1.25. The fourth-order valence-electron chi connectivity index (χ4n) is 3.99. The Morgan fingerprint density at radius 1 is 1.11 bits per heavy atom. The van der Waals surface area contributed by atoms with Gasteiger partial charge in [-0.25, -0.2) is 9.87 Å². The van der Waals surface area contributed by atoms with Gasteiger partial charge in [0.1, 0.15) is 17.3 Å². The van der Waals surface area contributed by atoms with E-state index < -0.39 is 5.41 Å². The molecule has 2 fully saturated rings. The number of nitrogens with one attached hydrogen (secondary N) is 1. The summed E-state index contributed by atoms with van der Waals surface area (Å²) in [6.45, 7) is 0. The maximum atomic E-state index is 13.0. The molecule has 2 aliphatic heterocycles. The molecule has 28 heavy (non-hydrogen) atoms. The highest BCUT2D eigenvalue weighted by atomic mass is 32.2. The van der Waals surface area contributed by atoms with Gasteiger partial charge >= 0.3 is 0 Å². The van der Waals surface area contributed by atoms with Gasteiger partial charge in [-0.15, -0.1) is 11.8 Å². The monoisotopic (exact) mass is 403 g/mol. The summed E-state index contributed by atoms with van der Waals surface area (Å²) in [7, 11) is 0. The quantitative estimate of drug-likeness (QED) is 0.421. The van der Waals surface area contributed by atoms with Crippen molar-refractivity contribution in [3.8, 4) is 11.5 Å². The molecular formula is C21H22FNO4S. The largest absolute Gasteiger partial charge is 0.457 e. The number of carbonyl (C=O) groups is 1. The summed E-state index contributed by atoms with van der Waals surface area (Å²) in [4.78, 5) is 13.4. The zero-order valence-electron chi connectivity index (χ0n) is 15.3. The van der Waals surface area contributed by atoms with Gasteiger partial charge in [-0.3, -0.25) is 10.0 Å². The molecule has 148 valence electrons. The molecule has 2 aromatic carbocycles. The van der Waals surface area contributed by atoms with Crippen molar-refractivity contribution in [2.45, 2.75) is 42.8 Å². The molecule has 2 aliphatic rings. The summed E-state index contributed by atoms with van der Waals surface area (Å²) in [6.07, 6.45) is 3.42. The van der Waals surface area contributed by atoms with Gasteiger partial charge in [0, 0.05) is 10.6 Å². The molecule has 7 heteroatoms. The van der Waals surface area contributed by atoms with E-state index in [1.807, 2.05) is 29.7 Å². The van der Waals surface area contributed by atoms with E-state index in [1.54, 1.807) is 23.9 Å². The minimum Gasteiger partial charge on any atom is -0.457 e. The first-order valence-electron chi connectivity index (χ1n) is 9.33. The first kappa shape index (κ1) is 19.2. The Labute approximate surface area is 167 Å². The van der Waals surface area contributed by atoms with Crippen LogP contribution in [0.1, 0.15) is 25.7 Å². The minimum absolute atomic E-state index is 0.100. The van der Waals surface area contributed by atoms with Crippen molar-refractivity contribution < 1.29 is 23.9 Å². The number of rotatable bonds is 6. The van der Waals surface area contributed by atoms with Crippen molar-refractivity contribution in [1.29, 1.82) is 0 Å².